The van der Waals surface area contributed by atoms with Crippen LogP contribution in [0.1, 0.15) is 17.2 Å². The largest absolute Gasteiger partial charge is 0.354 e. The maximum absolute atomic E-state index is 12.0. The Morgan fingerprint density at radius 2 is 2.00 bits per heavy atom. The maximum atomic E-state index is 12.0. The molecular formula is C16H19ClN2OS. The van der Waals surface area contributed by atoms with Gasteiger partial charge in [0.15, 0.2) is 0 Å². The van der Waals surface area contributed by atoms with Gasteiger partial charge in [0.25, 0.3) is 0 Å². The Kier molecular flexibility index (Phi) is 5.79. The van der Waals surface area contributed by atoms with Gasteiger partial charge in [-0.05, 0) is 54.2 Å². The van der Waals surface area contributed by atoms with Crippen LogP contribution in [0.5, 0.6) is 0 Å². The lowest BCUT2D eigenvalue weighted by Crippen LogP contribution is -2.35. The third-order valence-electron chi connectivity index (χ3n) is 3.32. The molecule has 2 rings (SSSR count). The van der Waals surface area contributed by atoms with Crippen molar-refractivity contribution >= 4 is 28.8 Å². The van der Waals surface area contributed by atoms with Gasteiger partial charge in [0.05, 0.1) is 12.5 Å². The van der Waals surface area contributed by atoms with E-state index in [1.165, 1.54) is 5.56 Å². The first-order valence-electron chi connectivity index (χ1n) is 6.76. The smallest absolute Gasteiger partial charge is 0.224 e. The number of hydrogen-bond acceptors (Lipinski definition) is 3. The average molecular weight is 323 g/mol. The highest BCUT2D eigenvalue weighted by Gasteiger charge is 2.15. The standard InChI is InChI=1S/C16H19ClN2OS/c1-19(2)15(13-7-8-21-11-13)10-18-16(20)9-12-3-5-14(17)6-4-12/h3-8,11,15H,9-10H2,1-2H3,(H,18,20)/t15-/m1/s1. The zero-order valence-corrected chi connectivity index (χ0v) is 13.7. The molecule has 1 aromatic carbocycles. The van der Waals surface area contributed by atoms with Gasteiger partial charge in [0.1, 0.15) is 0 Å². The van der Waals surface area contributed by atoms with Crippen LogP contribution in [0.2, 0.25) is 5.02 Å². The fourth-order valence-corrected chi connectivity index (χ4v) is 2.96. The maximum Gasteiger partial charge on any atom is 0.224 e. The van der Waals surface area contributed by atoms with Crippen molar-refractivity contribution in [2.75, 3.05) is 20.6 Å². The lowest BCUT2D eigenvalue weighted by atomic mass is 10.1. The van der Waals surface area contributed by atoms with E-state index in [9.17, 15) is 4.79 Å². The number of benzene rings is 1. The van der Waals surface area contributed by atoms with E-state index in [1.54, 1.807) is 23.5 Å². The highest BCUT2D eigenvalue weighted by Crippen LogP contribution is 2.20. The van der Waals surface area contributed by atoms with Crippen molar-refractivity contribution in [3.63, 3.8) is 0 Å². The van der Waals surface area contributed by atoms with Crippen molar-refractivity contribution < 1.29 is 4.79 Å². The summed E-state index contributed by atoms with van der Waals surface area (Å²) in [5, 5.41) is 7.87. The van der Waals surface area contributed by atoms with E-state index in [0.29, 0.717) is 18.0 Å². The van der Waals surface area contributed by atoms with Crippen molar-refractivity contribution in [2.24, 2.45) is 0 Å². The molecule has 0 radical (unpaired) electrons. The molecule has 5 heteroatoms. The Hall–Kier alpha value is -1.36. The Balaban J connectivity index is 1.89. The fourth-order valence-electron chi connectivity index (χ4n) is 2.12. The predicted molar refractivity (Wildman–Crippen MR) is 88.9 cm³/mol. The minimum atomic E-state index is 0.0272. The highest BCUT2D eigenvalue weighted by molar-refractivity contribution is 7.07. The van der Waals surface area contributed by atoms with Crippen molar-refractivity contribution in [3.8, 4) is 0 Å². The second kappa shape index (κ2) is 7.59. The number of hydrogen-bond donors (Lipinski definition) is 1. The third kappa shape index (κ3) is 4.84. The van der Waals surface area contributed by atoms with Gasteiger partial charge in [-0.3, -0.25) is 4.79 Å². The first-order chi connectivity index (χ1) is 10.1. The molecule has 0 aliphatic rings. The van der Waals surface area contributed by atoms with Gasteiger partial charge in [0, 0.05) is 11.6 Å². The summed E-state index contributed by atoms with van der Waals surface area (Å²) in [6.45, 7) is 0.607. The number of nitrogens with zero attached hydrogens (tertiary/aromatic N) is 1. The number of carbonyl (C=O) groups is 1. The van der Waals surface area contributed by atoms with Crippen LogP contribution in [-0.4, -0.2) is 31.4 Å². The molecule has 21 heavy (non-hydrogen) atoms. The molecule has 1 heterocycles. The summed E-state index contributed by atoms with van der Waals surface area (Å²) in [7, 11) is 4.04. The lowest BCUT2D eigenvalue weighted by Gasteiger charge is -2.24. The average Bonchev–Trinajstić information content (AvgIpc) is 2.95. The zero-order chi connectivity index (χ0) is 15.2. The minimum Gasteiger partial charge on any atom is -0.354 e. The van der Waals surface area contributed by atoms with Crippen LogP contribution in [-0.2, 0) is 11.2 Å². The van der Waals surface area contributed by atoms with Gasteiger partial charge in [-0.2, -0.15) is 11.3 Å². The van der Waals surface area contributed by atoms with Crippen molar-refractivity contribution in [3.05, 3.63) is 57.2 Å². The number of amides is 1. The Bertz CT molecular complexity index is 566. The van der Waals surface area contributed by atoms with Gasteiger partial charge in [-0.25, -0.2) is 0 Å². The summed E-state index contributed by atoms with van der Waals surface area (Å²) in [6, 6.07) is 9.66. The van der Waals surface area contributed by atoms with Gasteiger partial charge in [0.2, 0.25) is 5.91 Å². The van der Waals surface area contributed by atoms with Crippen molar-refractivity contribution in [1.82, 2.24) is 10.2 Å². The van der Waals surface area contributed by atoms with E-state index in [2.05, 4.69) is 27.0 Å². The topological polar surface area (TPSA) is 32.3 Å². The molecule has 112 valence electrons. The van der Waals surface area contributed by atoms with E-state index in [0.717, 1.165) is 5.56 Å². The van der Waals surface area contributed by atoms with Gasteiger partial charge in [-0.15, -0.1) is 0 Å². The third-order valence-corrected chi connectivity index (χ3v) is 4.28. The van der Waals surface area contributed by atoms with Gasteiger partial charge < -0.3 is 10.2 Å². The van der Waals surface area contributed by atoms with Crippen LogP contribution < -0.4 is 5.32 Å². The number of thiophene rings is 1. The monoisotopic (exact) mass is 322 g/mol. The second-order valence-electron chi connectivity index (χ2n) is 5.14. The summed E-state index contributed by atoms with van der Waals surface area (Å²) < 4.78 is 0. The molecule has 1 amide bonds. The Labute approximate surface area is 134 Å². The molecule has 0 aliphatic carbocycles. The second-order valence-corrected chi connectivity index (χ2v) is 6.36. The number of halogens is 1. The van der Waals surface area contributed by atoms with E-state index in [1.807, 2.05) is 26.2 Å². The van der Waals surface area contributed by atoms with Crippen LogP contribution >= 0.6 is 22.9 Å². The molecule has 1 atom stereocenters. The van der Waals surface area contributed by atoms with Crippen LogP contribution in [0, 0.1) is 0 Å². The quantitative estimate of drug-likeness (QED) is 0.884. The molecule has 0 saturated carbocycles. The summed E-state index contributed by atoms with van der Waals surface area (Å²) >= 11 is 7.51. The number of rotatable bonds is 6. The minimum absolute atomic E-state index is 0.0272. The summed E-state index contributed by atoms with van der Waals surface area (Å²) in [6.07, 6.45) is 0.376. The van der Waals surface area contributed by atoms with Gasteiger partial charge in [-0.1, -0.05) is 23.7 Å². The van der Waals surface area contributed by atoms with Crippen LogP contribution in [0.4, 0.5) is 0 Å². The summed E-state index contributed by atoms with van der Waals surface area (Å²) in [5.74, 6) is 0.0272. The molecule has 2 aromatic rings. The molecule has 0 fully saturated rings. The first kappa shape index (κ1) is 16.0. The van der Waals surface area contributed by atoms with E-state index in [-0.39, 0.29) is 11.9 Å². The zero-order valence-electron chi connectivity index (χ0n) is 12.2. The molecule has 0 unspecified atom stereocenters. The number of carbonyl (C=O) groups excluding carboxylic acids is 1. The fraction of sp³-hybridized carbons (Fsp3) is 0.312. The molecule has 0 bridgehead atoms. The molecule has 3 nitrogen and oxygen atoms in total. The van der Waals surface area contributed by atoms with Crippen molar-refractivity contribution in [2.45, 2.75) is 12.5 Å². The molecule has 1 N–H and O–H groups in total. The van der Waals surface area contributed by atoms with E-state index in [4.69, 9.17) is 11.6 Å². The SMILES string of the molecule is CN(C)[C@H](CNC(=O)Cc1ccc(Cl)cc1)c1ccsc1. The predicted octanol–water partition coefficient (Wildman–Crippen LogP) is 3.36. The highest BCUT2D eigenvalue weighted by atomic mass is 35.5. The van der Waals surface area contributed by atoms with E-state index < -0.39 is 0 Å². The number of likely N-dealkylation sites (N-methyl/N-ethyl adjacent to an activating group) is 1. The Morgan fingerprint density at radius 1 is 1.29 bits per heavy atom. The van der Waals surface area contributed by atoms with Crippen molar-refractivity contribution in [1.29, 1.82) is 0 Å². The van der Waals surface area contributed by atoms with E-state index >= 15 is 0 Å². The summed E-state index contributed by atoms with van der Waals surface area (Å²) in [5.41, 5.74) is 2.20. The molecule has 1 aromatic heterocycles. The molecule has 0 saturated heterocycles. The first-order valence-corrected chi connectivity index (χ1v) is 8.08. The van der Waals surface area contributed by atoms with Gasteiger partial charge >= 0.3 is 0 Å². The molecule has 0 aliphatic heterocycles. The normalized spacial score (nSPS) is 12.4. The molecular weight excluding hydrogens is 304 g/mol. The Morgan fingerprint density at radius 3 is 2.57 bits per heavy atom. The lowest BCUT2D eigenvalue weighted by molar-refractivity contribution is -0.120. The van der Waals surface area contributed by atoms with Crippen LogP contribution in [0.25, 0.3) is 0 Å². The molecule has 0 spiro atoms. The number of nitrogens with one attached hydrogen (secondary N) is 1. The van der Waals surface area contributed by atoms with Crippen LogP contribution in [0.15, 0.2) is 41.1 Å². The van der Waals surface area contributed by atoms with Crippen LogP contribution in [0.3, 0.4) is 0 Å². The summed E-state index contributed by atoms with van der Waals surface area (Å²) in [4.78, 5) is 14.1.